The van der Waals surface area contributed by atoms with E-state index in [2.05, 4.69) is 52.4 Å². The highest BCUT2D eigenvalue weighted by molar-refractivity contribution is 5.64. The summed E-state index contributed by atoms with van der Waals surface area (Å²) in [5.41, 5.74) is 3.80. The first kappa shape index (κ1) is 13.4. The Labute approximate surface area is 121 Å². The van der Waals surface area contributed by atoms with E-state index in [0.717, 1.165) is 12.5 Å². The Morgan fingerprint density at radius 2 is 1.95 bits per heavy atom. The number of benzene rings is 1. The SMILES string of the molecule is Cc1c(-c2ccccc2)cnn1CCC1CCNCC1. The molecule has 0 spiro atoms. The quantitative estimate of drug-likeness (QED) is 0.923. The Bertz CT molecular complexity index is 539. The molecule has 0 aliphatic carbocycles. The summed E-state index contributed by atoms with van der Waals surface area (Å²) in [6.07, 6.45) is 5.88. The van der Waals surface area contributed by atoms with Crippen molar-refractivity contribution in [3.8, 4) is 11.1 Å². The van der Waals surface area contributed by atoms with Crippen molar-refractivity contribution in [2.45, 2.75) is 32.7 Å². The van der Waals surface area contributed by atoms with Gasteiger partial charge in [0.25, 0.3) is 0 Å². The molecule has 2 aromatic rings. The van der Waals surface area contributed by atoms with Gasteiger partial charge >= 0.3 is 0 Å². The van der Waals surface area contributed by atoms with Crippen molar-refractivity contribution in [3.63, 3.8) is 0 Å². The average molecular weight is 269 g/mol. The van der Waals surface area contributed by atoms with E-state index in [-0.39, 0.29) is 0 Å². The molecule has 1 fully saturated rings. The summed E-state index contributed by atoms with van der Waals surface area (Å²) in [6, 6.07) is 10.5. The van der Waals surface area contributed by atoms with Crippen LogP contribution in [0.1, 0.15) is 25.0 Å². The van der Waals surface area contributed by atoms with Crippen LogP contribution in [0.25, 0.3) is 11.1 Å². The van der Waals surface area contributed by atoms with Gasteiger partial charge in [0.15, 0.2) is 0 Å². The molecule has 2 heterocycles. The molecule has 0 saturated carbocycles. The van der Waals surface area contributed by atoms with Crippen LogP contribution >= 0.6 is 0 Å². The maximum absolute atomic E-state index is 4.58. The van der Waals surface area contributed by atoms with Gasteiger partial charge in [0, 0.05) is 17.8 Å². The van der Waals surface area contributed by atoms with Crippen molar-refractivity contribution in [2.75, 3.05) is 13.1 Å². The largest absolute Gasteiger partial charge is 0.317 e. The standard InChI is InChI=1S/C17H23N3/c1-14-17(16-5-3-2-4-6-16)13-19-20(14)12-9-15-7-10-18-11-8-15/h2-6,13,15,18H,7-12H2,1H3. The van der Waals surface area contributed by atoms with E-state index >= 15 is 0 Å². The van der Waals surface area contributed by atoms with Gasteiger partial charge in [-0.05, 0) is 50.8 Å². The van der Waals surface area contributed by atoms with Gasteiger partial charge < -0.3 is 5.32 Å². The van der Waals surface area contributed by atoms with Crippen LogP contribution in [0, 0.1) is 12.8 Å². The Morgan fingerprint density at radius 3 is 2.70 bits per heavy atom. The van der Waals surface area contributed by atoms with Gasteiger partial charge in [-0.3, -0.25) is 4.68 Å². The lowest BCUT2D eigenvalue weighted by Gasteiger charge is -2.22. The molecule has 0 amide bonds. The second-order valence-electron chi connectivity index (χ2n) is 5.71. The summed E-state index contributed by atoms with van der Waals surface area (Å²) in [5, 5.41) is 8.01. The molecule has 1 aliphatic rings. The summed E-state index contributed by atoms with van der Waals surface area (Å²) < 4.78 is 2.17. The van der Waals surface area contributed by atoms with Crippen LogP contribution in [0.4, 0.5) is 0 Å². The predicted octanol–water partition coefficient (Wildman–Crippen LogP) is 3.25. The van der Waals surface area contributed by atoms with Gasteiger partial charge in [-0.15, -0.1) is 0 Å². The number of piperidine rings is 1. The molecule has 1 aliphatic heterocycles. The summed E-state index contributed by atoms with van der Waals surface area (Å²) in [4.78, 5) is 0. The maximum Gasteiger partial charge on any atom is 0.0571 e. The molecule has 0 unspecified atom stereocenters. The third-order valence-electron chi connectivity index (χ3n) is 4.40. The lowest BCUT2D eigenvalue weighted by Crippen LogP contribution is -2.28. The van der Waals surface area contributed by atoms with Gasteiger partial charge in [0.1, 0.15) is 0 Å². The van der Waals surface area contributed by atoms with Crippen molar-refractivity contribution in [3.05, 3.63) is 42.2 Å². The highest BCUT2D eigenvalue weighted by atomic mass is 15.3. The molecule has 20 heavy (non-hydrogen) atoms. The number of nitrogens with zero attached hydrogens (tertiary/aromatic N) is 2. The number of nitrogens with one attached hydrogen (secondary N) is 1. The molecular weight excluding hydrogens is 246 g/mol. The molecule has 1 N–H and O–H groups in total. The Kier molecular flexibility index (Phi) is 4.16. The van der Waals surface area contributed by atoms with Crippen LogP contribution in [0.5, 0.6) is 0 Å². The second kappa shape index (κ2) is 6.23. The van der Waals surface area contributed by atoms with Gasteiger partial charge in [-0.2, -0.15) is 5.10 Å². The van der Waals surface area contributed by atoms with Crippen LogP contribution in [0.15, 0.2) is 36.5 Å². The van der Waals surface area contributed by atoms with Crippen LogP contribution in [-0.2, 0) is 6.54 Å². The highest BCUT2D eigenvalue weighted by Crippen LogP contribution is 2.24. The van der Waals surface area contributed by atoms with Crippen molar-refractivity contribution in [1.82, 2.24) is 15.1 Å². The number of hydrogen-bond donors (Lipinski definition) is 1. The van der Waals surface area contributed by atoms with Crippen molar-refractivity contribution < 1.29 is 0 Å². The predicted molar refractivity (Wildman–Crippen MR) is 82.6 cm³/mol. The highest BCUT2D eigenvalue weighted by Gasteiger charge is 2.14. The zero-order valence-corrected chi connectivity index (χ0v) is 12.2. The van der Waals surface area contributed by atoms with Crippen molar-refractivity contribution >= 4 is 0 Å². The van der Waals surface area contributed by atoms with E-state index in [0.29, 0.717) is 0 Å². The zero-order valence-electron chi connectivity index (χ0n) is 12.2. The molecule has 1 aromatic heterocycles. The first-order valence-corrected chi connectivity index (χ1v) is 7.63. The topological polar surface area (TPSA) is 29.9 Å². The first-order chi connectivity index (χ1) is 9.84. The van der Waals surface area contributed by atoms with E-state index < -0.39 is 0 Å². The third-order valence-corrected chi connectivity index (χ3v) is 4.40. The fourth-order valence-electron chi connectivity index (χ4n) is 3.05. The lowest BCUT2D eigenvalue weighted by molar-refractivity contribution is 0.331. The molecule has 0 atom stereocenters. The fraction of sp³-hybridized carbons (Fsp3) is 0.471. The average Bonchev–Trinajstić information content (AvgIpc) is 2.88. The van der Waals surface area contributed by atoms with Gasteiger partial charge in [0.05, 0.1) is 6.20 Å². The fourth-order valence-corrected chi connectivity index (χ4v) is 3.05. The molecule has 0 radical (unpaired) electrons. The number of rotatable bonds is 4. The molecule has 1 aromatic carbocycles. The summed E-state index contributed by atoms with van der Waals surface area (Å²) in [5.74, 6) is 0.861. The number of hydrogen-bond acceptors (Lipinski definition) is 2. The maximum atomic E-state index is 4.58. The molecular formula is C17H23N3. The lowest BCUT2D eigenvalue weighted by atomic mass is 9.95. The minimum atomic E-state index is 0.861. The Balaban J connectivity index is 1.67. The summed E-state index contributed by atoms with van der Waals surface area (Å²) >= 11 is 0. The molecule has 106 valence electrons. The van der Waals surface area contributed by atoms with E-state index in [4.69, 9.17) is 0 Å². The van der Waals surface area contributed by atoms with Gasteiger partial charge in [0.2, 0.25) is 0 Å². The van der Waals surface area contributed by atoms with E-state index in [9.17, 15) is 0 Å². The molecule has 3 heteroatoms. The Morgan fingerprint density at radius 1 is 1.20 bits per heavy atom. The van der Waals surface area contributed by atoms with E-state index in [1.165, 1.54) is 49.2 Å². The van der Waals surface area contributed by atoms with Crippen molar-refractivity contribution in [2.24, 2.45) is 5.92 Å². The smallest absolute Gasteiger partial charge is 0.0571 e. The second-order valence-corrected chi connectivity index (χ2v) is 5.71. The van der Waals surface area contributed by atoms with Crippen LogP contribution in [0.3, 0.4) is 0 Å². The minimum Gasteiger partial charge on any atom is -0.317 e. The van der Waals surface area contributed by atoms with Crippen LogP contribution in [0.2, 0.25) is 0 Å². The van der Waals surface area contributed by atoms with Gasteiger partial charge in [-0.1, -0.05) is 30.3 Å². The number of aromatic nitrogens is 2. The monoisotopic (exact) mass is 269 g/mol. The van der Waals surface area contributed by atoms with Gasteiger partial charge in [-0.25, -0.2) is 0 Å². The molecule has 1 saturated heterocycles. The normalized spacial score (nSPS) is 16.4. The van der Waals surface area contributed by atoms with E-state index in [1.54, 1.807) is 0 Å². The van der Waals surface area contributed by atoms with Crippen molar-refractivity contribution in [1.29, 1.82) is 0 Å². The molecule has 0 bridgehead atoms. The number of aryl methyl sites for hydroxylation is 1. The minimum absolute atomic E-state index is 0.861. The van der Waals surface area contributed by atoms with Crippen LogP contribution < -0.4 is 5.32 Å². The summed E-state index contributed by atoms with van der Waals surface area (Å²) in [6.45, 7) is 5.58. The van der Waals surface area contributed by atoms with E-state index in [1.807, 2.05) is 6.20 Å². The Hall–Kier alpha value is -1.61. The van der Waals surface area contributed by atoms with Crippen LogP contribution in [-0.4, -0.2) is 22.9 Å². The summed E-state index contributed by atoms with van der Waals surface area (Å²) in [7, 11) is 0. The third kappa shape index (κ3) is 2.93. The zero-order chi connectivity index (χ0) is 13.8. The molecule has 3 nitrogen and oxygen atoms in total. The molecule has 3 rings (SSSR count). The first-order valence-electron chi connectivity index (χ1n) is 7.63.